The minimum Gasteiger partial charge on any atom is -0.482 e. The first-order valence-corrected chi connectivity index (χ1v) is 5.84. The zero-order chi connectivity index (χ0) is 12.3. The van der Waals surface area contributed by atoms with Gasteiger partial charge in [0.25, 0.3) is 5.89 Å². The van der Waals surface area contributed by atoms with Gasteiger partial charge in [-0.1, -0.05) is 35.3 Å². The fraction of sp³-hybridized carbons (Fsp3) is 0.273. The number of benzene rings is 1. The molecule has 0 unspecified atom stereocenters. The van der Waals surface area contributed by atoms with Gasteiger partial charge in [0, 0.05) is 17.5 Å². The van der Waals surface area contributed by atoms with Crippen LogP contribution in [0.2, 0.25) is 10.0 Å². The Bertz CT molecular complexity index is 514. The third kappa shape index (κ3) is 3.11. The molecular formula is C11H10Cl2N2O2. The number of nitrogens with zero attached hydrogens (tertiary/aromatic N) is 2. The maximum absolute atomic E-state index is 5.94. The van der Waals surface area contributed by atoms with Crippen molar-refractivity contribution in [1.82, 2.24) is 10.1 Å². The zero-order valence-electron chi connectivity index (χ0n) is 9.11. The van der Waals surface area contributed by atoms with E-state index in [0.717, 1.165) is 6.42 Å². The van der Waals surface area contributed by atoms with Crippen molar-refractivity contribution in [2.24, 2.45) is 0 Å². The van der Waals surface area contributed by atoms with Gasteiger partial charge in [-0.2, -0.15) is 4.98 Å². The maximum Gasteiger partial charge on any atom is 0.264 e. The molecule has 1 aromatic carbocycles. The first kappa shape index (κ1) is 12.2. The summed E-state index contributed by atoms with van der Waals surface area (Å²) in [6, 6.07) is 5.00. The lowest BCUT2D eigenvalue weighted by Gasteiger charge is -2.05. The number of hydrogen-bond acceptors (Lipinski definition) is 4. The van der Waals surface area contributed by atoms with Crippen LogP contribution in [0.1, 0.15) is 18.6 Å². The molecule has 90 valence electrons. The number of rotatable bonds is 4. The van der Waals surface area contributed by atoms with Gasteiger partial charge in [-0.15, -0.1) is 0 Å². The van der Waals surface area contributed by atoms with E-state index in [0.29, 0.717) is 27.5 Å². The fourth-order valence-corrected chi connectivity index (χ4v) is 1.55. The molecule has 0 aliphatic rings. The van der Waals surface area contributed by atoms with Crippen LogP contribution in [-0.4, -0.2) is 10.1 Å². The van der Waals surface area contributed by atoms with E-state index in [1.54, 1.807) is 18.2 Å². The average molecular weight is 273 g/mol. The lowest BCUT2D eigenvalue weighted by atomic mass is 10.3. The minimum atomic E-state index is 0.174. The van der Waals surface area contributed by atoms with E-state index in [4.69, 9.17) is 32.5 Å². The molecule has 1 heterocycles. The number of hydrogen-bond donors (Lipinski definition) is 0. The summed E-state index contributed by atoms with van der Waals surface area (Å²) in [7, 11) is 0. The molecule has 17 heavy (non-hydrogen) atoms. The zero-order valence-corrected chi connectivity index (χ0v) is 10.6. The Kier molecular flexibility index (Phi) is 3.86. The van der Waals surface area contributed by atoms with Crippen molar-refractivity contribution in [3.8, 4) is 5.75 Å². The van der Waals surface area contributed by atoms with Crippen molar-refractivity contribution in [1.29, 1.82) is 0 Å². The lowest BCUT2D eigenvalue weighted by molar-refractivity contribution is 0.242. The third-order valence-corrected chi connectivity index (χ3v) is 2.62. The highest BCUT2D eigenvalue weighted by molar-refractivity contribution is 6.34. The Balaban J connectivity index is 2.04. The van der Waals surface area contributed by atoms with E-state index < -0.39 is 0 Å². The first-order chi connectivity index (χ1) is 8.19. The largest absolute Gasteiger partial charge is 0.482 e. The molecule has 0 N–H and O–H groups in total. The van der Waals surface area contributed by atoms with Crippen LogP contribution in [0.15, 0.2) is 22.7 Å². The van der Waals surface area contributed by atoms with Crippen molar-refractivity contribution < 1.29 is 9.26 Å². The summed E-state index contributed by atoms with van der Waals surface area (Å²) in [6.07, 6.45) is 0.724. The second-order valence-corrected chi connectivity index (χ2v) is 4.16. The molecule has 0 spiro atoms. The summed E-state index contributed by atoms with van der Waals surface area (Å²) < 4.78 is 10.4. The van der Waals surface area contributed by atoms with Crippen LogP contribution in [0.4, 0.5) is 0 Å². The van der Waals surface area contributed by atoms with Crippen molar-refractivity contribution in [3.05, 3.63) is 40.0 Å². The SMILES string of the molecule is CCc1noc(COc2cc(Cl)ccc2Cl)n1. The van der Waals surface area contributed by atoms with E-state index in [9.17, 15) is 0 Å². The summed E-state index contributed by atoms with van der Waals surface area (Å²) >= 11 is 11.8. The molecule has 0 amide bonds. The second kappa shape index (κ2) is 5.38. The van der Waals surface area contributed by atoms with Crippen molar-refractivity contribution in [2.45, 2.75) is 20.0 Å². The van der Waals surface area contributed by atoms with E-state index >= 15 is 0 Å². The normalized spacial score (nSPS) is 10.5. The molecule has 0 bridgehead atoms. The highest BCUT2D eigenvalue weighted by Gasteiger charge is 2.07. The number of ether oxygens (including phenoxy) is 1. The van der Waals surface area contributed by atoms with Crippen LogP contribution in [-0.2, 0) is 13.0 Å². The van der Waals surface area contributed by atoms with Crippen LogP contribution in [0.5, 0.6) is 5.75 Å². The Labute approximate surface area is 108 Å². The maximum atomic E-state index is 5.94. The van der Waals surface area contributed by atoms with Gasteiger partial charge in [0.05, 0.1) is 5.02 Å². The predicted octanol–water partition coefficient (Wildman–Crippen LogP) is 3.52. The Hall–Kier alpha value is -1.26. The standard InChI is InChI=1S/C11H10Cl2N2O2/c1-2-10-14-11(17-15-10)6-16-9-5-7(12)3-4-8(9)13/h3-5H,2,6H2,1H3. The van der Waals surface area contributed by atoms with Gasteiger partial charge in [-0.25, -0.2) is 0 Å². The monoisotopic (exact) mass is 272 g/mol. The van der Waals surface area contributed by atoms with Crippen LogP contribution in [0, 0.1) is 0 Å². The summed E-state index contributed by atoms with van der Waals surface area (Å²) in [5.41, 5.74) is 0. The van der Waals surface area contributed by atoms with Crippen molar-refractivity contribution in [2.75, 3.05) is 0 Å². The molecule has 0 aliphatic carbocycles. The van der Waals surface area contributed by atoms with Crippen LogP contribution < -0.4 is 4.74 Å². The summed E-state index contributed by atoms with van der Waals surface area (Å²) in [6.45, 7) is 2.12. The Morgan fingerprint density at radius 2 is 2.18 bits per heavy atom. The van der Waals surface area contributed by atoms with E-state index in [1.165, 1.54) is 0 Å². The molecule has 0 fully saturated rings. The molecule has 0 atom stereocenters. The number of aromatic nitrogens is 2. The average Bonchev–Trinajstić information content (AvgIpc) is 2.78. The van der Waals surface area contributed by atoms with Gasteiger partial charge in [0.1, 0.15) is 5.75 Å². The smallest absolute Gasteiger partial charge is 0.264 e. The summed E-state index contributed by atoms with van der Waals surface area (Å²) in [5.74, 6) is 1.56. The van der Waals surface area contributed by atoms with Crippen molar-refractivity contribution >= 4 is 23.2 Å². The highest BCUT2D eigenvalue weighted by Crippen LogP contribution is 2.28. The molecule has 2 aromatic rings. The van der Waals surface area contributed by atoms with E-state index in [1.807, 2.05) is 6.92 Å². The predicted molar refractivity (Wildman–Crippen MR) is 64.5 cm³/mol. The van der Waals surface area contributed by atoms with Crippen molar-refractivity contribution in [3.63, 3.8) is 0 Å². The molecule has 0 radical (unpaired) electrons. The van der Waals surface area contributed by atoms with Crippen LogP contribution >= 0.6 is 23.2 Å². The molecule has 0 saturated carbocycles. The molecule has 6 heteroatoms. The number of halogens is 2. The summed E-state index contributed by atoms with van der Waals surface area (Å²) in [5, 5.41) is 4.81. The Morgan fingerprint density at radius 1 is 1.35 bits per heavy atom. The van der Waals surface area contributed by atoms with Gasteiger partial charge in [-0.05, 0) is 12.1 Å². The van der Waals surface area contributed by atoms with Crippen LogP contribution in [0.25, 0.3) is 0 Å². The van der Waals surface area contributed by atoms with Gasteiger partial charge in [0.15, 0.2) is 12.4 Å². The topological polar surface area (TPSA) is 48.2 Å². The lowest BCUT2D eigenvalue weighted by Crippen LogP contribution is -1.96. The molecule has 0 aliphatic heterocycles. The minimum absolute atomic E-state index is 0.174. The van der Waals surface area contributed by atoms with E-state index in [-0.39, 0.29) is 6.61 Å². The quantitative estimate of drug-likeness (QED) is 0.855. The summed E-state index contributed by atoms with van der Waals surface area (Å²) in [4.78, 5) is 4.12. The Morgan fingerprint density at radius 3 is 2.88 bits per heavy atom. The van der Waals surface area contributed by atoms with Crippen LogP contribution in [0.3, 0.4) is 0 Å². The van der Waals surface area contributed by atoms with Gasteiger partial charge in [0.2, 0.25) is 0 Å². The first-order valence-electron chi connectivity index (χ1n) is 5.08. The van der Waals surface area contributed by atoms with E-state index in [2.05, 4.69) is 10.1 Å². The molecule has 0 saturated heterocycles. The van der Waals surface area contributed by atoms with Gasteiger partial charge in [-0.3, -0.25) is 0 Å². The highest BCUT2D eigenvalue weighted by atomic mass is 35.5. The number of aryl methyl sites for hydroxylation is 1. The third-order valence-electron chi connectivity index (χ3n) is 2.07. The van der Waals surface area contributed by atoms with Gasteiger partial charge >= 0.3 is 0 Å². The molecule has 4 nitrogen and oxygen atoms in total. The second-order valence-electron chi connectivity index (χ2n) is 3.32. The molecule has 2 rings (SSSR count). The van der Waals surface area contributed by atoms with Gasteiger partial charge < -0.3 is 9.26 Å². The molecule has 1 aromatic heterocycles. The molecular weight excluding hydrogens is 263 g/mol. The fourth-order valence-electron chi connectivity index (χ4n) is 1.22.